The molecule has 34 heavy (non-hydrogen) atoms. The van der Waals surface area contributed by atoms with Gasteiger partial charge >= 0.3 is 0 Å². The van der Waals surface area contributed by atoms with Crippen molar-refractivity contribution in [3.8, 4) is 0 Å². The van der Waals surface area contributed by atoms with Crippen LogP contribution in [0.3, 0.4) is 0 Å². The van der Waals surface area contributed by atoms with Crippen LogP contribution < -0.4 is 10.4 Å². The van der Waals surface area contributed by atoms with Gasteiger partial charge in [0.25, 0.3) is 18.4 Å². The van der Waals surface area contributed by atoms with Crippen molar-refractivity contribution >= 4 is 28.8 Å². The van der Waals surface area contributed by atoms with Gasteiger partial charge in [-0.25, -0.2) is 0 Å². The maximum Gasteiger partial charge on any atom is 0.294 e. The highest BCUT2D eigenvalue weighted by molar-refractivity contribution is 7.85. The average Bonchev–Trinajstić information content (AvgIpc) is 2.78. The van der Waals surface area contributed by atoms with Crippen LogP contribution in [0, 0.1) is 6.92 Å². The van der Waals surface area contributed by atoms with Crippen LogP contribution in [0.1, 0.15) is 51.7 Å². The summed E-state index contributed by atoms with van der Waals surface area (Å²) in [5, 5.41) is 2.44. The molecule has 0 amide bonds. The van der Waals surface area contributed by atoms with E-state index in [2.05, 4.69) is 76.2 Å². The molecule has 1 unspecified atom stereocenters. The van der Waals surface area contributed by atoms with E-state index in [1.165, 1.54) is 16.4 Å². The van der Waals surface area contributed by atoms with Crippen LogP contribution in [0.25, 0.3) is 0 Å². The predicted octanol–water partition coefficient (Wildman–Crippen LogP) is 5.53. The zero-order chi connectivity index (χ0) is 25.0. The van der Waals surface area contributed by atoms with Gasteiger partial charge in [-0.05, 0) is 71.8 Å². The van der Waals surface area contributed by atoms with Crippen molar-refractivity contribution in [1.29, 1.82) is 0 Å². The molecule has 0 aliphatic rings. The van der Waals surface area contributed by atoms with Crippen LogP contribution in [0.15, 0.2) is 83.8 Å². The molecule has 3 rings (SSSR count). The second-order valence-electron chi connectivity index (χ2n) is 10.0. The van der Waals surface area contributed by atoms with Gasteiger partial charge in [-0.3, -0.25) is 4.55 Å². The highest BCUT2D eigenvalue weighted by Gasteiger charge is 2.50. The largest absolute Gasteiger partial charge is 0.405 e. The molecule has 0 heterocycles. The van der Waals surface area contributed by atoms with E-state index in [9.17, 15) is 13.0 Å². The summed E-state index contributed by atoms with van der Waals surface area (Å²) in [5.74, 6) is 0. The van der Waals surface area contributed by atoms with Crippen molar-refractivity contribution in [3.63, 3.8) is 0 Å². The first-order valence-electron chi connectivity index (χ1n) is 11.8. The molecular weight excluding hydrogens is 460 g/mol. The van der Waals surface area contributed by atoms with Gasteiger partial charge in [-0.2, -0.15) is 8.42 Å². The number of hydrogen-bond donors (Lipinski definition) is 1. The van der Waals surface area contributed by atoms with Crippen molar-refractivity contribution < 1.29 is 17.4 Å². The fourth-order valence-electron chi connectivity index (χ4n) is 4.71. The van der Waals surface area contributed by atoms with E-state index < -0.39 is 18.4 Å². The van der Waals surface area contributed by atoms with Crippen molar-refractivity contribution in [2.45, 2.75) is 69.9 Å². The Kier molecular flexibility index (Phi) is 8.19. The topological polar surface area (TPSA) is 63.6 Å². The zero-order valence-corrected chi connectivity index (χ0v) is 22.6. The molecule has 1 atom stereocenters. The summed E-state index contributed by atoms with van der Waals surface area (Å²) in [6, 6.07) is 26.0. The van der Waals surface area contributed by atoms with E-state index in [0.717, 1.165) is 30.4 Å². The van der Waals surface area contributed by atoms with Crippen LogP contribution >= 0.6 is 0 Å². The second-order valence-corrected chi connectivity index (χ2v) is 15.7. The average molecular weight is 497 g/mol. The molecule has 3 aromatic rings. The summed E-state index contributed by atoms with van der Waals surface area (Å²) in [4.78, 5) is -0.0512. The molecule has 1 N–H and O–H groups in total. The summed E-state index contributed by atoms with van der Waals surface area (Å²) in [6.07, 6.45) is 2.45. The van der Waals surface area contributed by atoms with E-state index in [1.54, 1.807) is 12.1 Å². The first-order valence-corrected chi connectivity index (χ1v) is 15.2. The first-order chi connectivity index (χ1) is 15.9. The van der Waals surface area contributed by atoms with Crippen LogP contribution in [0.2, 0.25) is 5.04 Å². The molecule has 0 spiro atoms. The molecule has 6 heteroatoms. The molecule has 182 valence electrons. The predicted molar refractivity (Wildman–Crippen MR) is 142 cm³/mol. The number of hydrogen-bond acceptors (Lipinski definition) is 3. The lowest BCUT2D eigenvalue weighted by Crippen LogP contribution is -2.67. The fraction of sp³-hybridized carbons (Fsp3) is 0.357. The van der Waals surface area contributed by atoms with Crippen molar-refractivity contribution in [2.75, 3.05) is 0 Å². The standard InChI is InChI=1S/C28H36O4SSi/c1-22-19-20-25(33(29,30)31)21-24(22)14-12-13-23(2)32-34(28(3,4)5,26-15-8-6-9-16-26)27-17-10-7-11-18-27/h6-11,15-21,23H,12-14H2,1-5H3,(H,29,30,31). The smallest absolute Gasteiger partial charge is 0.294 e. The lowest BCUT2D eigenvalue weighted by atomic mass is 10.0. The molecule has 0 radical (unpaired) electrons. The molecule has 3 aromatic carbocycles. The van der Waals surface area contributed by atoms with E-state index >= 15 is 0 Å². The second kappa shape index (κ2) is 10.6. The lowest BCUT2D eigenvalue weighted by Gasteiger charge is -2.44. The molecular formula is C28H36O4SSi. The number of aryl methyl sites for hydroxylation is 2. The van der Waals surface area contributed by atoms with Crippen molar-refractivity contribution in [3.05, 3.63) is 90.0 Å². The monoisotopic (exact) mass is 496 g/mol. The summed E-state index contributed by atoms with van der Waals surface area (Å²) in [6.45, 7) is 10.9. The van der Waals surface area contributed by atoms with E-state index in [-0.39, 0.29) is 16.0 Å². The minimum Gasteiger partial charge on any atom is -0.405 e. The van der Waals surface area contributed by atoms with E-state index in [4.69, 9.17) is 4.43 Å². The zero-order valence-electron chi connectivity index (χ0n) is 20.8. The van der Waals surface area contributed by atoms with Gasteiger partial charge in [-0.1, -0.05) is 87.5 Å². The highest BCUT2D eigenvalue weighted by atomic mass is 32.2. The third-order valence-corrected chi connectivity index (χ3v) is 12.5. The summed E-state index contributed by atoms with van der Waals surface area (Å²) in [5.41, 5.74) is 1.96. The molecule has 0 saturated carbocycles. The van der Waals surface area contributed by atoms with Crippen LogP contribution in [-0.4, -0.2) is 27.4 Å². The van der Waals surface area contributed by atoms with Gasteiger partial charge in [0.15, 0.2) is 0 Å². The van der Waals surface area contributed by atoms with Gasteiger partial charge in [-0.15, -0.1) is 0 Å². The molecule has 0 aliphatic carbocycles. The maximum absolute atomic E-state index is 11.5. The third kappa shape index (κ3) is 5.86. The quantitative estimate of drug-likeness (QED) is 0.313. The van der Waals surface area contributed by atoms with E-state index in [1.807, 2.05) is 19.1 Å². The van der Waals surface area contributed by atoms with E-state index in [0.29, 0.717) is 0 Å². The summed E-state index contributed by atoms with van der Waals surface area (Å²) in [7, 11) is -6.80. The van der Waals surface area contributed by atoms with Crippen LogP contribution in [0.5, 0.6) is 0 Å². The van der Waals surface area contributed by atoms with Crippen LogP contribution in [0.4, 0.5) is 0 Å². The third-order valence-electron chi connectivity index (χ3n) is 6.47. The van der Waals surface area contributed by atoms with Crippen molar-refractivity contribution in [1.82, 2.24) is 0 Å². The Hall–Kier alpha value is -2.25. The maximum atomic E-state index is 11.5. The fourth-order valence-corrected chi connectivity index (χ4v) is 9.98. The van der Waals surface area contributed by atoms with Gasteiger partial charge in [0.2, 0.25) is 0 Å². The summed E-state index contributed by atoms with van der Waals surface area (Å²) < 4.78 is 39.6. The molecule has 0 fully saturated rings. The SMILES string of the molecule is Cc1ccc(S(=O)(=O)O)cc1CCCC(C)O[Si](c1ccccc1)(c1ccccc1)C(C)(C)C. The summed E-state index contributed by atoms with van der Waals surface area (Å²) >= 11 is 0. The molecule has 0 bridgehead atoms. The van der Waals surface area contributed by atoms with Gasteiger partial charge < -0.3 is 4.43 Å². The lowest BCUT2D eigenvalue weighted by molar-refractivity contribution is 0.193. The highest BCUT2D eigenvalue weighted by Crippen LogP contribution is 2.38. The minimum atomic E-state index is -4.20. The van der Waals surface area contributed by atoms with Crippen molar-refractivity contribution in [2.24, 2.45) is 0 Å². The Labute approximate surface area is 205 Å². The minimum absolute atomic E-state index is 0.0244. The number of benzene rings is 3. The molecule has 0 saturated heterocycles. The molecule has 0 aromatic heterocycles. The van der Waals surface area contributed by atoms with Gasteiger partial charge in [0.05, 0.1) is 4.90 Å². The van der Waals surface area contributed by atoms with Gasteiger partial charge in [0, 0.05) is 6.10 Å². The normalized spacial score (nSPS) is 13.6. The first kappa shape index (κ1) is 26.4. The van der Waals surface area contributed by atoms with Gasteiger partial charge in [0.1, 0.15) is 0 Å². The Morgan fingerprint density at radius 1 is 0.912 bits per heavy atom. The Morgan fingerprint density at radius 3 is 1.91 bits per heavy atom. The van der Waals surface area contributed by atoms with Crippen LogP contribution in [-0.2, 0) is 21.0 Å². The Bertz CT molecular complexity index is 1150. The Morgan fingerprint density at radius 2 is 1.44 bits per heavy atom. The Balaban J connectivity index is 1.85. The number of rotatable bonds is 9. The molecule has 4 nitrogen and oxygen atoms in total. The molecule has 0 aliphatic heterocycles.